The molecule has 1 aliphatic heterocycles. The van der Waals surface area contributed by atoms with Gasteiger partial charge in [-0.25, -0.2) is 0 Å². The smallest absolute Gasteiger partial charge is 0.227 e. The number of amides is 1. The van der Waals surface area contributed by atoms with Crippen LogP contribution in [0.1, 0.15) is 78.1 Å². The van der Waals surface area contributed by atoms with Crippen molar-refractivity contribution in [1.29, 1.82) is 0 Å². The summed E-state index contributed by atoms with van der Waals surface area (Å²) in [6, 6.07) is 0. The molecule has 0 N–H and O–H groups in total. The summed E-state index contributed by atoms with van der Waals surface area (Å²) in [5.74, 6) is 0.841. The van der Waals surface area contributed by atoms with Crippen LogP contribution in [0.15, 0.2) is 24.4 Å². The third-order valence-electron chi connectivity index (χ3n) is 5.44. The van der Waals surface area contributed by atoms with Crippen LogP contribution in [0.2, 0.25) is 0 Å². The Labute approximate surface area is 136 Å². The fraction of sp³-hybridized carbons (Fsp3) is 0.750. The molecule has 0 aromatic rings. The second-order valence-corrected chi connectivity index (χ2v) is 7.80. The molecule has 1 aliphatic carbocycles. The van der Waals surface area contributed by atoms with Crippen molar-refractivity contribution in [2.45, 2.75) is 78.1 Å². The summed E-state index contributed by atoms with van der Waals surface area (Å²) in [6.45, 7) is 13.8. The predicted molar refractivity (Wildman–Crippen MR) is 93.4 cm³/mol. The molecule has 0 radical (unpaired) electrons. The zero-order valence-corrected chi connectivity index (χ0v) is 14.6. The highest BCUT2D eigenvalue weighted by Gasteiger charge is 2.44. The van der Waals surface area contributed by atoms with Gasteiger partial charge in [-0.3, -0.25) is 4.79 Å². The highest BCUT2D eigenvalue weighted by molar-refractivity contribution is 5.81. The number of likely N-dealkylation sites (tertiary alicyclic amines) is 1. The topological polar surface area (TPSA) is 20.3 Å². The Morgan fingerprint density at radius 2 is 1.91 bits per heavy atom. The minimum atomic E-state index is 0.271. The van der Waals surface area contributed by atoms with E-state index in [1.165, 1.54) is 44.1 Å². The fourth-order valence-electron chi connectivity index (χ4n) is 4.35. The van der Waals surface area contributed by atoms with Crippen LogP contribution in [0.4, 0.5) is 0 Å². The molecule has 2 aliphatic rings. The highest BCUT2D eigenvalue weighted by Crippen LogP contribution is 2.45. The molecule has 2 rings (SSSR count). The monoisotopic (exact) mass is 303 g/mol. The predicted octanol–water partition coefficient (Wildman–Crippen LogP) is 5.46. The molecule has 1 saturated carbocycles. The van der Waals surface area contributed by atoms with Crippen LogP contribution in [0.25, 0.3) is 0 Å². The van der Waals surface area contributed by atoms with E-state index in [-0.39, 0.29) is 5.41 Å². The van der Waals surface area contributed by atoms with E-state index < -0.39 is 0 Å². The zero-order chi connectivity index (χ0) is 16.2. The van der Waals surface area contributed by atoms with Gasteiger partial charge in [-0.2, -0.15) is 0 Å². The van der Waals surface area contributed by atoms with Crippen LogP contribution in [0.3, 0.4) is 0 Å². The van der Waals surface area contributed by atoms with Crippen LogP contribution in [0.5, 0.6) is 0 Å². The van der Waals surface area contributed by atoms with Gasteiger partial charge in [0.05, 0.1) is 0 Å². The van der Waals surface area contributed by atoms with E-state index in [2.05, 4.69) is 27.0 Å². The Bertz CT molecular complexity index is 431. The Morgan fingerprint density at radius 3 is 2.55 bits per heavy atom. The van der Waals surface area contributed by atoms with Gasteiger partial charge in [-0.1, -0.05) is 58.3 Å². The maximum absolute atomic E-state index is 12.4. The van der Waals surface area contributed by atoms with Gasteiger partial charge in [0.1, 0.15) is 0 Å². The first-order valence-corrected chi connectivity index (χ1v) is 9.10. The lowest BCUT2D eigenvalue weighted by molar-refractivity contribution is -0.126. The van der Waals surface area contributed by atoms with Crippen LogP contribution in [-0.2, 0) is 4.79 Å². The van der Waals surface area contributed by atoms with Gasteiger partial charge >= 0.3 is 0 Å². The molecule has 0 aromatic heterocycles. The average molecular weight is 303 g/mol. The Balaban J connectivity index is 1.87. The number of rotatable bonds is 7. The van der Waals surface area contributed by atoms with Gasteiger partial charge in [-0.05, 0) is 43.4 Å². The molecule has 0 aromatic carbocycles. The minimum Gasteiger partial charge on any atom is -0.316 e. The van der Waals surface area contributed by atoms with Crippen molar-refractivity contribution in [2.75, 3.05) is 6.54 Å². The van der Waals surface area contributed by atoms with Crippen LogP contribution in [-0.4, -0.2) is 17.4 Å². The van der Waals surface area contributed by atoms with Gasteiger partial charge in [0, 0.05) is 18.7 Å². The first-order valence-electron chi connectivity index (χ1n) is 9.10. The first-order chi connectivity index (χ1) is 10.5. The molecule has 1 amide bonds. The standard InChI is InChI=1S/C20H33NO/c1-5-9-16(2)12-17(3)13-18(4)21-15-20(14-19(21)22)10-7-6-8-11-20/h17H,2,4-15H2,1,3H3. The number of allylic oxidation sites excluding steroid dienone is 2. The molecule has 22 heavy (non-hydrogen) atoms. The summed E-state index contributed by atoms with van der Waals surface area (Å²) < 4.78 is 0. The van der Waals surface area contributed by atoms with Crippen molar-refractivity contribution in [2.24, 2.45) is 11.3 Å². The molecular weight excluding hydrogens is 270 g/mol. The van der Waals surface area contributed by atoms with Crippen LogP contribution >= 0.6 is 0 Å². The number of nitrogens with zero attached hydrogens (tertiary/aromatic N) is 1. The lowest BCUT2D eigenvalue weighted by Gasteiger charge is -2.33. The molecule has 2 nitrogen and oxygen atoms in total. The number of hydrogen-bond donors (Lipinski definition) is 0. The summed E-state index contributed by atoms with van der Waals surface area (Å²) in [7, 11) is 0. The van der Waals surface area contributed by atoms with E-state index >= 15 is 0 Å². The minimum absolute atomic E-state index is 0.271. The zero-order valence-electron chi connectivity index (χ0n) is 14.6. The summed E-state index contributed by atoms with van der Waals surface area (Å²) in [6.07, 6.45) is 11.4. The Kier molecular flexibility index (Phi) is 5.88. The first kappa shape index (κ1) is 17.3. The van der Waals surface area contributed by atoms with Gasteiger partial charge in [-0.15, -0.1) is 0 Å². The SMILES string of the molecule is C=C(CCC)CC(C)CC(=C)N1CC2(CCCCC2)CC1=O. The molecule has 0 bridgehead atoms. The third-order valence-corrected chi connectivity index (χ3v) is 5.44. The van der Waals surface area contributed by atoms with Crippen molar-refractivity contribution >= 4 is 5.91 Å². The molecule has 1 unspecified atom stereocenters. The highest BCUT2D eigenvalue weighted by atomic mass is 16.2. The van der Waals surface area contributed by atoms with Gasteiger partial charge in [0.25, 0.3) is 0 Å². The molecule has 2 fully saturated rings. The van der Waals surface area contributed by atoms with E-state index in [1.807, 2.05) is 4.90 Å². The van der Waals surface area contributed by atoms with Gasteiger partial charge in [0.15, 0.2) is 0 Å². The van der Waals surface area contributed by atoms with Crippen molar-refractivity contribution < 1.29 is 4.79 Å². The second kappa shape index (κ2) is 7.48. The van der Waals surface area contributed by atoms with E-state index in [1.54, 1.807) is 0 Å². The Hall–Kier alpha value is -1.05. The summed E-state index contributed by atoms with van der Waals surface area (Å²) in [5.41, 5.74) is 2.64. The number of carbonyl (C=O) groups is 1. The summed E-state index contributed by atoms with van der Waals surface area (Å²) in [5, 5.41) is 0. The molecule has 1 atom stereocenters. The van der Waals surface area contributed by atoms with Crippen LogP contribution in [0, 0.1) is 11.3 Å². The maximum Gasteiger partial charge on any atom is 0.227 e. The normalized spacial score (nSPS) is 22.1. The molecule has 1 heterocycles. The third kappa shape index (κ3) is 4.24. The van der Waals surface area contributed by atoms with Gasteiger partial charge < -0.3 is 4.90 Å². The maximum atomic E-state index is 12.4. The van der Waals surface area contributed by atoms with Crippen LogP contribution < -0.4 is 0 Å². The average Bonchev–Trinajstić information content (AvgIpc) is 2.76. The van der Waals surface area contributed by atoms with Crippen molar-refractivity contribution in [3.63, 3.8) is 0 Å². The Morgan fingerprint density at radius 1 is 1.23 bits per heavy atom. The summed E-state index contributed by atoms with van der Waals surface area (Å²) >= 11 is 0. The summed E-state index contributed by atoms with van der Waals surface area (Å²) in [4.78, 5) is 14.4. The molecule has 1 saturated heterocycles. The quantitative estimate of drug-likeness (QED) is 0.572. The largest absolute Gasteiger partial charge is 0.316 e. The lowest BCUT2D eigenvalue weighted by atomic mass is 9.73. The number of hydrogen-bond acceptors (Lipinski definition) is 1. The molecular formula is C20H33NO. The van der Waals surface area contributed by atoms with Crippen molar-refractivity contribution in [3.8, 4) is 0 Å². The van der Waals surface area contributed by atoms with E-state index in [4.69, 9.17) is 0 Å². The molecule has 124 valence electrons. The molecule has 1 spiro atoms. The van der Waals surface area contributed by atoms with E-state index in [9.17, 15) is 4.79 Å². The lowest BCUT2D eigenvalue weighted by Crippen LogP contribution is -2.30. The van der Waals surface area contributed by atoms with E-state index in [0.717, 1.165) is 37.9 Å². The fourth-order valence-corrected chi connectivity index (χ4v) is 4.35. The number of carbonyl (C=O) groups excluding carboxylic acids is 1. The van der Waals surface area contributed by atoms with Crippen molar-refractivity contribution in [3.05, 3.63) is 24.4 Å². The van der Waals surface area contributed by atoms with Crippen molar-refractivity contribution in [1.82, 2.24) is 4.90 Å². The van der Waals surface area contributed by atoms with E-state index in [0.29, 0.717) is 11.8 Å². The molecule has 2 heteroatoms. The van der Waals surface area contributed by atoms with Gasteiger partial charge in [0.2, 0.25) is 5.91 Å². The second-order valence-electron chi connectivity index (χ2n) is 7.80.